The minimum atomic E-state index is -0.452. The number of fused-ring (bicyclic) bond motifs is 2. The van der Waals surface area contributed by atoms with Gasteiger partial charge in [-0.15, -0.1) is 0 Å². The van der Waals surface area contributed by atoms with E-state index in [2.05, 4.69) is 0 Å². The molecule has 0 N–H and O–H groups in total. The van der Waals surface area contributed by atoms with Gasteiger partial charge in [0.05, 0.1) is 0 Å². The van der Waals surface area contributed by atoms with E-state index in [-0.39, 0.29) is 11.5 Å². The third kappa shape index (κ3) is 1.28. The van der Waals surface area contributed by atoms with E-state index < -0.39 is 11.6 Å². The SMILES string of the molecule is Fc1cccc2c1Oc1c(F)cccc1C2. The summed E-state index contributed by atoms with van der Waals surface area (Å²) < 4.78 is 32.2. The molecule has 0 saturated heterocycles. The highest BCUT2D eigenvalue weighted by Gasteiger charge is 2.22. The first-order valence-corrected chi connectivity index (χ1v) is 4.98. The molecular formula is C13H8F2O. The normalized spacial score (nSPS) is 12.6. The van der Waals surface area contributed by atoms with Gasteiger partial charge in [-0.25, -0.2) is 8.78 Å². The van der Waals surface area contributed by atoms with Gasteiger partial charge in [0.1, 0.15) is 0 Å². The fourth-order valence-electron chi connectivity index (χ4n) is 1.92. The summed E-state index contributed by atoms with van der Waals surface area (Å²) in [6.07, 6.45) is 0.500. The average Bonchev–Trinajstić information content (AvgIpc) is 2.28. The van der Waals surface area contributed by atoms with Gasteiger partial charge in [-0.1, -0.05) is 24.3 Å². The van der Waals surface area contributed by atoms with Crippen molar-refractivity contribution >= 4 is 0 Å². The highest BCUT2D eigenvalue weighted by molar-refractivity contribution is 5.50. The molecule has 0 bridgehead atoms. The van der Waals surface area contributed by atoms with Crippen molar-refractivity contribution in [2.24, 2.45) is 0 Å². The Morgan fingerprint density at radius 2 is 1.31 bits per heavy atom. The van der Waals surface area contributed by atoms with E-state index in [1.165, 1.54) is 12.1 Å². The minimum absolute atomic E-state index is 0.139. The zero-order valence-electron chi connectivity index (χ0n) is 8.34. The van der Waals surface area contributed by atoms with Crippen molar-refractivity contribution in [2.75, 3.05) is 0 Å². The summed E-state index contributed by atoms with van der Waals surface area (Å²) in [6, 6.07) is 9.44. The second-order valence-electron chi connectivity index (χ2n) is 3.74. The number of ether oxygens (including phenoxy) is 1. The molecular weight excluding hydrogens is 210 g/mol. The van der Waals surface area contributed by atoms with Crippen molar-refractivity contribution < 1.29 is 13.5 Å². The van der Waals surface area contributed by atoms with Crippen LogP contribution in [0.4, 0.5) is 8.78 Å². The van der Waals surface area contributed by atoms with Crippen LogP contribution in [0.2, 0.25) is 0 Å². The molecule has 0 aromatic heterocycles. The van der Waals surface area contributed by atoms with Gasteiger partial charge in [-0.05, 0) is 12.1 Å². The summed E-state index contributed by atoms with van der Waals surface area (Å²) in [5, 5.41) is 0. The van der Waals surface area contributed by atoms with Crippen molar-refractivity contribution in [1.29, 1.82) is 0 Å². The summed E-state index contributed by atoms with van der Waals surface area (Å²) >= 11 is 0. The first-order valence-electron chi connectivity index (χ1n) is 4.98. The fraction of sp³-hybridized carbons (Fsp3) is 0.0769. The third-order valence-corrected chi connectivity index (χ3v) is 2.68. The molecule has 0 atom stereocenters. The van der Waals surface area contributed by atoms with Crippen molar-refractivity contribution in [1.82, 2.24) is 0 Å². The fourth-order valence-corrected chi connectivity index (χ4v) is 1.92. The maximum absolute atomic E-state index is 13.4. The smallest absolute Gasteiger partial charge is 0.166 e. The molecule has 1 nitrogen and oxygen atoms in total. The second kappa shape index (κ2) is 3.30. The lowest BCUT2D eigenvalue weighted by Crippen LogP contribution is -2.06. The molecule has 1 aliphatic rings. The van der Waals surface area contributed by atoms with Crippen LogP contribution in [-0.4, -0.2) is 0 Å². The Labute approximate surface area is 91.3 Å². The largest absolute Gasteiger partial charge is 0.451 e. The number of hydrogen-bond donors (Lipinski definition) is 0. The number of hydrogen-bond acceptors (Lipinski definition) is 1. The van der Waals surface area contributed by atoms with Crippen LogP contribution < -0.4 is 4.74 Å². The molecule has 0 spiro atoms. The highest BCUT2D eigenvalue weighted by atomic mass is 19.1. The minimum Gasteiger partial charge on any atom is -0.451 e. The quantitative estimate of drug-likeness (QED) is 0.559. The first-order chi connectivity index (χ1) is 7.75. The monoisotopic (exact) mass is 218 g/mol. The molecule has 0 saturated carbocycles. The molecule has 2 aromatic carbocycles. The van der Waals surface area contributed by atoms with Gasteiger partial charge in [-0.3, -0.25) is 0 Å². The Hall–Kier alpha value is -1.90. The Morgan fingerprint density at radius 1 is 0.812 bits per heavy atom. The molecule has 0 amide bonds. The lowest BCUT2D eigenvalue weighted by atomic mass is 10.00. The van der Waals surface area contributed by atoms with Crippen molar-refractivity contribution in [3.05, 3.63) is 59.2 Å². The van der Waals surface area contributed by atoms with Gasteiger partial charge in [0.15, 0.2) is 23.1 Å². The maximum Gasteiger partial charge on any atom is 0.166 e. The molecule has 80 valence electrons. The van der Waals surface area contributed by atoms with Crippen LogP contribution in [0.15, 0.2) is 36.4 Å². The molecule has 0 aliphatic carbocycles. The highest BCUT2D eigenvalue weighted by Crippen LogP contribution is 2.39. The molecule has 1 aliphatic heterocycles. The number of benzene rings is 2. The van der Waals surface area contributed by atoms with Gasteiger partial charge in [0.25, 0.3) is 0 Å². The van der Waals surface area contributed by atoms with Crippen molar-refractivity contribution in [3.63, 3.8) is 0 Å². The summed E-state index contributed by atoms with van der Waals surface area (Å²) in [5.74, 6) is -0.627. The maximum atomic E-state index is 13.4. The van der Waals surface area contributed by atoms with E-state index in [4.69, 9.17) is 4.74 Å². The van der Waals surface area contributed by atoms with Crippen LogP contribution in [0.3, 0.4) is 0 Å². The number of rotatable bonds is 0. The van der Waals surface area contributed by atoms with Crippen LogP contribution in [-0.2, 0) is 6.42 Å². The molecule has 16 heavy (non-hydrogen) atoms. The summed E-state index contributed by atoms with van der Waals surface area (Å²) in [7, 11) is 0. The first kappa shape index (κ1) is 9.33. The van der Waals surface area contributed by atoms with E-state index in [1.807, 2.05) is 0 Å². The van der Waals surface area contributed by atoms with Crippen molar-refractivity contribution in [2.45, 2.75) is 6.42 Å². The van der Waals surface area contributed by atoms with Crippen LogP contribution in [0.1, 0.15) is 11.1 Å². The summed E-state index contributed by atoms with van der Waals surface area (Å²) in [6.45, 7) is 0. The predicted molar refractivity (Wildman–Crippen MR) is 55.7 cm³/mol. The van der Waals surface area contributed by atoms with E-state index in [9.17, 15) is 8.78 Å². The van der Waals surface area contributed by atoms with E-state index in [0.29, 0.717) is 6.42 Å². The Balaban J connectivity index is 2.17. The summed E-state index contributed by atoms with van der Waals surface area (Å²) in [4.78, 5) is 0. The average molecular weight is 218 g/mol. The third-order valence-electron chi connectivity index (χ3n) is 2.68. The molecule has 2 aromatic rings. The van der Waals surface area contributed by atoms with E-state index in [1.54, 1.807) is 24.3 Å². The zero-order valence-corrected chi connectivity index (χ0v) is 8.34. The molecule has 3 rings (SSSR count). The van der Waals surface area contributed by atoms with Crippen LogP contribution in [0.5, 0.6) is 11.5 Å². The Bertz CT molecular complexity index is 514. The van der Waals surface area contributed by atoms with Gasteiger partial charge in [0.2, 0.25) is 0 Å². The van der Waals surface area contributed by atoms with Gasteiger partial charge in [0, 0.05) is 17.5 Å². The zero-order chi connectivity index (χ0) is 11.1. The van der Waals surface area contributed by atoms with Crippen LogP contribution in [0.25, 0.3) is 0 Å². The summed E-state index contributed by atoms with van der Waals surface area (Å²) in [5.41, 5.74) is 1.50. The number of halogens is 2. The van der Waals surface area contributed by atoms with Crippen LogP contribution in [0, 0.1) is 11.6 Å². The molecule has 0 unspecified atom stereocenters. The van der Waals surface area contributed by atoms with Crippen molar-refractivity contribution in [3.8, 4) is 11.5 Å². The van der Waals surface area contributed by atoms with Crippen LogP contribution >= 0.6 is 0 Å². The standard InChI is InChI=1S/C13H8F2O/c14-10-5-1-3-8-7-9-4-2-6-11(15)13(9)16-12(8)10/h1-6H,7H2. The molecule has 0 radical (unpaired) electrons. The van der Waals surface area contributed by atoms with Gasteiger partial charge >= 0.3 is 0 Å². The lowest BCUT2D eigenvalue weighted by molar-refractivity contribution is 0.397. The lowest BCUT2D eigenvalue weighted by Gasteiger charge is -2.20. The molecule has 0 fully saturated rings. The van der Waals surface area contributed by atoms with E-state index >= 15 is 0 Å². The Kier molecular flexibility index (Phi) is 1.93. The second-order valence-corrected chi connectivity index (χ2v) is 3.74. The van der Waals surface area contributed by atoms with Gasteiger partial charge in [-0.2, -0.15) is 0 Å². The van der Waals surface area contributed by atoms with Gasteiger partial charge < -0.3 is 4.74 Å². The van der Waals surface area contributed by atoms with E-state index in [0.717, 1.165) is 11.1 Å². The molecule has 3 heteroatoms. The number of para-hydroxylation sites is 2. The predicted octanol–water partition coefficient (Wildman–Crippen LogP) is 3.66. The topological polar surface area (TPSA) is 9.23 Å². The Morgan fingerprint density at radius 3 is 1.81 bits per heavy atom. The molecule has 1 heterocycles.